The van der Waals surface area contributed by atoms with E-state index in [1.807, 2.05) is 19.1 Å². The summed E-state index contributed by atoms with van der Waals surface area (Å²) >= 11 is 0. The summed E-state index contributed by atoms with van der Waals surface area (Å²) < 4.78 is 0. The van der Waals surface area contributed by atoms with Crippen LogP contribution in [-0.4, -0.2) is 22.2 Å². The minimum Gasteiger partial charge on any atom is -0.473 e. The Morgan fingerprint density at radius 3 is 1.87 bits per heavy atom. The van der Waals surface area contributed by atoms with Crippen molar-refractivity contribution in [1.82, 2.24) is 0 Å². The molecule has 0 fully saturated rings. The maximum absolute atomic E-state index is 9.10. The van der Waals surface area contributed by atoms with E-state index < -0.39 is 11.9 Å². The normalized spacial score (nSPS) is 8.67. The van der Waals surface area contributed by atoms with E-state index in [1.54, 1.807) is 0 Å². The molecule has 0 aromatic heterocycles. The van der Waals surface area contributed by atoms with Gasteiger partial charge in [0.15, 0.2) is 0 Å². The topological polar surface area (TPSA) is 101 Å². The van der Waals surface area contributed by atoms with Crippen LogP contribution in [0.4, 0.5) is 5.69 Å². The Hall–Kier alpha value is -2.04. The Kier molecular flexibility index (Phi) is 4.87. The van der Waals surface area contributed by atoms with Gasteiger partial charge in [-0.3, -0.25) is 0 Å². The zero-order valence-corrected chi connectivity index (χ0v) is 8.52. The summed E-state index contributed by atoms with van der Waals surface area (Å²) in [6, 6.07) is 5.95. The van der Waals surface area contributed by atoms with Crippen molar-refractivity contribution in [1.29, 1.82) is 0 Å². The van der Waals surface area contributed by atoms with E-state index in [9.17, 15) is 0 Å². The van der Waals surface area contributed by atoms with Gasteiger partial charge in [-0.2, -0.15) is 0 Å². The van der Waals surface area contributed by atoms with Gasteiger partial charge in [0.2, 0.25) is 0 Å². The first kappa shape index (κ1) is 13.0. The SMILES string of the molecule is Cc1cccc(N)c1C.O=C(O)C(=O)O. The standard InChI is InChI=1S/C8H11N.C2H2O4/c1-6-4-3-5-8(9)7(6)2;3-1(4)2(5)6/h3-5H,9H2,1-2H3;(H,3,4)(H,5,6). The van der Waals surface area contributed by atoms with Crippen LogP contribution >= 0.6 is 0 Å². The molecule has 0 aliphatic carbocycles. The number of carboxylic acid groups (broad SMARTS) is 2. The zero-order chi connectivity index (χ0) is 12.0. The van der Waals surface area contributed by atoms with Gasteiger partial charge in [0, 0.05) is 5.69 Å². The van der Waals surface area contributed by atoms with Crippen molar-refractivity contribution in [2.75, 3.05) is 5.73 Å². The molecule has 0 saturated carbocycles. The second kappa shape index (κ2) is 5.64. The summed E-state index contributed by atoms with van der Waals surface area (Å²) in [5.41, 5.74) is 8.96. The molecule has 5 nitrogen and oxygen atoms in total. The van der Waals surface area contributed by atoms with Crippen molar-refractivity contribution < 1.29 is 19.8 Å². The molecule has 1 aromatic carbocycles. The van der Waals surface area contributed by atoms with E-state index in [0.717, 1.165) is 5.69 Å². The average molecular weight is 211 g/mol. The lowest BCUT2D eigenvalue weighted by Crippen LogP contribution is -2.09. The van der Waals surface area contributed by atoms with E-state index in [4.69, 9.17) is 25.5 Å². The Morgan fingerprint density at radius 1 is 1.13 bits per heavy atom. The molecule has 0 radical (unpaired) electrons. The molecule has 4 N–H and O–H groups in total. The van der Waals surface area contributed by atoms with Crippen LogP contribution in [0.25, 0.3) is 0 Å². The highest BCUT2D eigenvalue weighted by atomic mass is 16.4. The molecule has 0 heterocycles. The number of aliphatic carboxylic acids is 2. The maximum atomic E-state index is 9.10. The summed E-state index contributed by atoms with van der Waals surface area (Å²) in [5, 5.41) is 14.8. The Labute approximate surface area is 87.1 Å². The second-order valence-corrected chi connectivity index (χ2v) is 2.90. The summed E-state index contributed by atoms with van der Waals surface area (Å²) in [4.78, 5) is 18.2. The van der Waals surface area contributed by atoms with Gasteiger partial charge in [0.05, 0.1) is 0 Å². The fourth-order valence-electron chi connectivity index (χ4n) is 0.774. The van der Waals surface area contributed by atoms with Crippen molar-refractivity contribution >= 4 is 17.6 Å². The molecule has 0 atom stereocenters. The molecule has 0 aliphatic heterocycles. The van der Waals surface area contributed by atoms with Crippen LogP contribution in [0.2, 0.25) is 0 Å². The highest BCUT2D eigenvalue weighted by Crippen LogP contribution is 2.13. The van der Waals surface area contributed by atoms with Crippen molar-refractivity contribution in [3.63, 3.8) is 0 Å². The van der Waals surface area contributed by atoms with Crippen LogP contribution in [0.3, 0.4) is 0 Å². The smallest absolute Gasteiger partial charge is 0.414 e. The van der Waals surface area contributed by atoms with E-state index >= 15 is 0 Å². The second-order valence-electron chi connectivity index (χ2n) is 2.90. The number of hydrogen-bond donors (Lipinski definition) is 3. The number of aryl methyl sites for hydroxylation is 1. The largest absolute Gasteiger partial charge is 0.473 e. The van der Waals surface area contributed by atoms with Gasteiger partial charge >= 0.3 is 11.9 Å². The van der Waals surface area contributed by atoms with Gasteiger partial charge in [0.1, 0.15) is 0 Å². The summed E-state index contributed by atoms with van der Waals surface area (Å²) in [7, 11) is 0. The Morgan fingerprint density at radius 2 is 1.60 bits per heavy atom. The van der Waals surface area contributed by atoms with Gasteiger partial charge < -0.3 is 15.9 Å². The van der Waals surface area contributed by atoms with Crippen LogP contribution in [0.15, 0.2) is 18.2 Å². The van der Waals surface area contributed by atoms with Gasteiger partial charge in [0.25, 0.3) is 0 Å². The average Bonchev–Trinajstić information content (AvgIpc) is 2.15. The Balaban J connectivity index is 0.000000288. The molecular formula is C10H13NO4. The molecular weight excluding hydrogens is 198 g/mol. The fourth-order valence-corrected chi connectivity index (χ4v) is 0.774. The monoisotopic (exact) mass is 211 g/mol. The molecule has 0 spiro atoms. The predicted molar refractivity (Wildman–Crippen MR) is 55.6 cm³/mol. The zero-order valence-electron chi connectivity index (χ0n) is 8.52. The molecule has 0 amide bonds. The molecule has 15 heavy (non-hydrogen) atoms. The molecule has 5 heteroatoms. The van der Waals surface area contributed by atoms with E-state index in [1.165, 1.54) is 11.1 Å². The highest BCUT2D eigenvalue weighted by Gasteiger charge is 2.04. The lowest BCUT2D eigenvalue weighted by molar-refractivity contribution is -0.159. The fraction of sp³-hybridized carbons (Fsp3) is 0.200. The lowest BCUT2D eigenvalue weighted by atomic mass is 10.1. The quantitative estimate of drug-likeness (QED) is 0.439. The molecule has 1 rings (SSSR count). The van der Waals surface area contributed by atoms with Crippen molar-refractivity contribution in [2.45, 2.75) is 13.8 Å². The molecule has 82 valence electrons. The number of benzene rings is 1. The number of nitrogens with two attached hydrogens (primary N) is 1. The third-order valence-electron chi connectivity index (χ3n) is 1.83. The first-order chi connectivity index (χ1) is 6.86. The van der Waals surface area contributed by atoms with Gasteiger partial charge in [-0.25, -0.2) is 9.59 Å². The molecule has 0 saturated heterocycles. The minimum atomic E-state index is -1.82. The molecule has 0 aliphatic rings. The summed E-state index contributed by atoms with van der Waals surface area (Å²) in [6.45, 7) is 4.09. The Bertz CT molecular complexity index is 341. The van der Waals surface area contributed by atoms with Crippen molar-refractivity contribution in [3.05, 3.63) is 29.3 Å². The van der Waals surface area contributed by atoms with Crippen LogP contribution in [-0.2, 0) is 9.59 Å². The number of nitrogen functional groups attached to an aromatic ring is 1. The third kappa shape index (κ3) is 4.66. The maximum Gasteiger partial charge on any atom is 0.414 e. The number of hydrogen-bond acceptors (Lipinski definition) is 3. The minimum absolute atomic E-state index is 0.884. The highest BCUT2D eigenvalue weighted by molar-refractivity contribution is 6.27. The molecule has 0 bridgehead atoms. The van der Waals surface area contributed by atoms with Crippen LogP contribution in [0.5, 0.6) is 0 Å². The first-order valence-corrected chi connectivity index (χ1v) is 4.14. The number of carboxylic acids is 2. The molecule has 1 aromatic rings. The summed E-state index contributed by atoms with van der Waals surface area (Å²) in [6.07, 6.45) is 0. The van der Waals surface area contributed by atoms with E-state index in [2.05, 4.69) is 13.0 Å². The van der Waals surface area contributed by atoms with E-state index in [0.29, 0.717) is 0 Å². The lowest BCUT2D eigenvalue weighted by Gasteiger charge is -2.00. The van der Waals surface area contributed by atoms with Gasteiger partial charge in [-0.1, -0.05) is 12.1 Å². The third-order valence-corrected chi connectivity index (χ3v) is 1.83. The van der Waals surface area contributed by atoms with Crippen molar-refractivity contribution in [2.24, 2.45) is 0 Å². The predicted octanol–water partition coefficient (Wildman–Crippen LogP) is 1.04. The van der Waals surface area contributed by atoms with Crippen LogP contribution in [0.1, 0.15) is 11.1 Å². The van der Waals surface area contributed by atoms with E-state index in [-0.39, 0.29) is 0 Å². The van der Waals surface area contributed by atoms with Crippen LogP contribution in [0, 0.1) is 13.8 Å². The van der Waals surface area contributed by atoms with Crippen molar-refractivity contribution in [3.8, 4) is 0 Å². The summed E-state index contributed by atoms with van der Waals surface area (Å²) in [5.74, 6) is -3.65. The van der Waals surface area contributed by atoms with Gasteiger partial charge in [-0.15, -0.1) is 0 Å². The number of anilines is 1. The number of carbonyl (C=O) groups is 2. The number of rotatable bonds is 0. The molecule has 0 unspecified atom stereocenters. The van der Waals surface area contributed by atoms with Gasteiger partial charge in [-0.05, 0) is 31.0 Å². The first-order valence-electron chi connectivity index (χ1n) is 4.14. The van der Waals surface area contributed by atoms with Crippen LogP contribution < -0.4 is 5.73 Å².